The Morgan fingerprint density at radius 2 is 1.31 bits per heavy atom. The largest absolute Gasteiger partial charge is 0.479 e. The van der Waals surface area contributed by atoms with Crippen molar-refractivity contribution in [2.45, 2.75) is 84.2 Å². The van der Waals surface area contributed by atoms with Gasteiger partial charge in [0.1, 0.15) is 5.75 Å². The molecule has 0 saturated heterocycles. The predicted octanol–water partition coefficient (Wildman–Crippen LogP) is 7.74. The smallest absolute Gasteiger partial charge is 0.344 e. The first kappa shape index (κ1) is 26.4. The van der Waals surface area contributed by atoms with Crippen molar-refractivity contribution in [2.24, 2.45) is 0 Å². The Morgan fingerprint density at radius 1 is 0.771 bits per heavy atom. The molecule has 3 aromatic rings. The zero-order valence-electron chi connectivity index (χ0n) is 21.1. The number of ether oxygens (including phenoxy) is 1. The van der Waals surface area contributed by atoms with Crippen molar-refractivity contribution in [1.82, 2.24) is 9.97 Å². The molecule has 1 heterocycles. The molecule has 0 aliphatic carbocycles. The van der Waals surface area contributed by atoms with Crippen molar-refractivity contribution in [2.75, 3.05) is 0 Å². The summed E-state index contributed by atoms with van der Waals surface area (Å²) in [5.74, 6) is 0.126. The van der Waals surface area contributed by atoms with Crippen LogP contribution in [-0.2, 0) is 11.2 Å². The fraction of sp³-hybridized carbons (Fsp3) is 0.433. The highest BCUT2D eigenvalue weighted by molar-refractivity contribution is 5.72. The molecule has 0 aliphatic rings. The number of unbranched alkanes of at least 4 members (excludes halogenated alkanes) is 8. The zero-order chi connectivity index (χ0) is 24.9. The van der Waals surface area contributed by atoms with Crippen LogP contribution in [0.15, 0.2) is 60.9 Å². The van der Waals surface area contributed by atoms with Gasteiger partial charge in [0.05, 0.1) is 0 Å². The zero-order valence-corrected chi connectivity index (χ0v) is 21.1. The first-order valence-electron chi connectivity index (χ1n) is 13.0. The Balaban J connectivity index is 1.45. The van der Waals surface area contributed by atoms with Crippen LogP contribution in [0, 0.1) is 0 Å². The first-order chi connectivity index (χ1) is 17.1. The second-order valence-electron chi connectivity index (χ2n) is 9.19. The maximum absolute atomic E-state index is 10.9. The summed E-state index contributed by atoms with van der Waals surface area (Å²) in [5.41, 5.74) is 4.33. The molecular weight excluding hydrogens is 436 g/mol. The minimum absolute atomic E-state index is 0.503. The van der Waals surface area contributed by atoms with E-state index in [0.29, 0.717) is 11.6 Å². The van der Waals surface area contributed by atoms with Crippen molar-refractivity contribution in [3.63, 3.8) is 0 Å². The van der Waals surface area contributed by atoms with Crippen LogP contribution < -0.4 is 4.74 Å². The van der Waals surface area contributed by atoms with Gasteiger partial charge in [0.25, 0.3) is 0 Å². The third-order valence-corrected chi connectivity index (χ3v) is 6.28. The highest BCUT2D eigenvalue weighted by atomic mass is 16.5. The minimum Gasteiger partial charge on any atom is -0.479 e. The quantitative estimate of drug-likeness (QED) is 0.228. The molecule has 1 N–H and O–H groups in total. The molecule has 35 heavy (non-hydrogen) atoms. The van der Waals surface area contributed by atoms with Crippen LogP contribution in [0.25, 0.3) is 22.5 Å². The molecule has 1 atom stereocenters. The van der Waals surface area contributed by atoms with E-state index in [2.05, 4.69) is 41.2 Å². The summed E-state index contributed by atoms with van der Waals surface area (Å²) < 4.78 is 5.37. The Labute approximate surface area is 209 Å². The highest BCUT2D eigenvalue weighted by Crippen LogP contribution is 2.23. The van der Waals surface area contributed by atoms with Gasteiger partial charge in [-0.25, -0.2) is 14.8 Å². The summed E-state index contributed by atoms with van der Waals surface area (Å²) in [6, 6.07) is 15.9. The minimum atomic E-state index is -0.996. The van der Waals surface area contributed by atoms with E-state index in [4.69, 9.17) is 9.84 Å². The molecule has 0 saturated carbocycles. The van der Waals surface area contributed by atoms with Crippen LogP contribution in [0.2, 0.25) is 0 Å². The molecule has 0 aliphatic heterocycles. The molecular formula is C30H38N2O3. The van der Waals surface area contributed by atoms with Gasteiger partial charge in [-0.05, 0) is 55.2 Å². The number of aromatic nitrogens is 2. The van der Waals surface area contributed by atoms with E-state index in [-0.39, 0.29) is 0 Å². The second kappa shape index (κ2) is 14.2. The van der Waals surface area contributed by atoms with Crippen LogP contribution in [-0.4, -0.2) is 27.1 Å². The van der Waals surface area contributed by atoms with Gasteiger partial charge in [0.15, 0.2) is 11.9 Å². The molecule has 1 aromatic heterocycles. The van der Waals surface area contributed by atoms with Crippen LogP contribution in [0.1, 0.15) is 77.2 Å². The lowest BCUT2D eigenvalue weighted by molar-refractivity contribution is -0.144. The molecule has 0 radical (unpaired) electrons. The van der Waals surface area contributed by atoms with E-state index in [0.717, 1.165) is 23.1 Å². The molecule has 0 spiro atoms. The number of carboxylic acids is 1. The van der Waals surface area contributed by atoms with E-state index in [1.54, 1.807) is 12.1 Å². The Hall–Kier alpha value is -3.21. The predicted molar refractivity (Wildman–Crippen MR) is 142 cm³/mol. The highest BCUT2D eigenvalue weighted by Gasteiger charge is 2.12. The average Bonchev–Trinajstić information content (AvgIpc) is 2.88. The van der Waals surface area contributed by atoms with Gasteiger partial charge < -0.3 is 9.84 Å². The Kier molecular flexibility index (Phi) is 10.7. The second-order valence-corrected chi connectivity index (χ2v) is 9.19. The van der Waals surface area contributed by atoms with Gasteiger partial charge in [-0.2, -0.15) is 0 Å². The number of hydrogen-bond donors (Lipinski definition) is 1. The number of aryl methyl sites for hydroxylation is 1. The first-order valence-corrected chi connectivity index (χ1v) is 13.0. The molecule has 5 heteroatoms. The van der Waals surface area contributed by atoms with Gasteiger partial charge in [0.2, 0.25) is 0 Å². The fourth-order valence-corrected chi connectivity index (χ4v) is 4.07. The monoisotopic (exact) mass is 474 g/mol. The number of rotatable bonds is 15. The molecule has 0 bridgehead atoms. The standard InChI is InChI=1S/C30H38N2O3/c1-3-4-5-6-7-8-9-10-11-12-24-13-15-25(16-14-24)27-21-31-29(32-22-27)26-17-19-28(20-18-26)35-23(2)30(33)34/h13-23H,3-12H2,1-2H3,(H,33,34). The molecule has 0 amide bonds. The van der Waals surface area contributed by atoms with Crippen molar-refractivity contribution in [3.8, 4) is 28.3 Å². The third kappa shape index (κ3) is 8.82. The summed E-state index contributed by atoms with van der Waals surface area (Å²) in [6.45, 7) is 3.77. The number of carbonyl (C=O) groups is 1. The lowest BCUT2D eigenvalue weighted by Gasteiger charge is -2.10. The van der Waals surface area contributed by atoms with E-state index in [1.807, 2.05) is 24.5 Å². The van der Waals surface area contributed by atoms with Crippen molar-refractivity contribution < 1.29 is 14.6 Å². The normalized spacial score (nSPS) is 11.8. The molecule has 3 rings (SSSR count). The molecule has 1 unspecified atom stereocenters. The lowest BCUT2D eigenvalue weighted by atomic mass is 10.0. The van der Waals surface area contributed by atoms with Crippen molar-refractivity contribution in [3.05, 3.63) is 66.5 Å². The molecule has 2 aromatic carbocycles. The number of hydrogen-bond acceptors (Lipinski definition) is 4. The van der Waals surface area contributed by atoms with Crippen LogP contribution in [0.4, 0.5) is 0 Å². The van der Waals surface area contributed by atoms with E-state index >= 15 is 0 Å². The average molecular weight is 475 g/mol. The van der Waals surface area contributed by atoms with E-state index in [9.17, 15) is 4.79 Å². The maximum Gasteiger partial charge on any atom is 0.344 e. The third-order valence-electron chi connectivity index (χ3n) is 6.28. The van der Waals surface area contributed by atoms with Crippen molar-refractivity contribution in [1.29, 1.82) is 0 Å². The number of nitrogens with zero attached hydrogens (tertiary/aromatic N) is 2. The number of carboxylic acid groups (broad SMARTS) is 1. The molecule has 186 valence electrons. The summed E-state index contributed by atoms with van der Waals surface area (Å²) in [6.07, 6.45) is 16.1. The van der Waals surface area contributed by atoms with Gasteiger partial charge in [-0.3, -0.25) is 0 Å². The van der Waals surface area contributed by atoms with Crippen molar-refractivity contribution >= 4 is 5.97 Å². The summed E-state index contributed by atoms with van der Waals surface area (Å²) in [7, 11) is 0. The summed E-state index contributed by atoms with van der Waals surface area (Å²) in [5, 5.41) is 8.96. The molecule has 0 fully saturated rings. The Bertz CT molecular complexity index is 1010. The van der Waals surface area contributed by atoms with Crippen LogP contribution >= 0.6 is 0 Å². The van der Waals surface area contributed by atoms with Gasteiger partial charge >= 0.3 is 5.97 Å². The number of benzene rings is 2. The molecule has 5 nitrogen and oxygen atoms in total. The van der Waals surface area contributed by atoms with Crippen LogP contribution in [0.3, 0.4) is 0 Å². The topological polar surface area (TPSA) is 72.3 Å². The summed E-state index contributed by atoms with van der Waals surface area (Å²) >= 11 is 0. The SMILES string of the molecule is CCCCCCCCCCCc1ccc(-c2cnc(-c3ccc(OC(C)C(=O)O)cc3)nc2)cc1. The van der Waals surface area contributed by atoms with Gasteiger partial charge in [-0.15, -0.1) is 0 Å². The van der Waals surface area contributed by atoms with Gasteiger partial charge in [-0.1, -0.05) is 82.6 Å². The van der Waals surface area contributed by atoms with E-state index in [1.165, 1.54) is 70.3 Å². The fourth-order valence-electron chi connectivity index (χ4n) is 4.07. The van der Waals surface area contributed by atoms with Crippen LogP contribution in [0.5, 0.6) is 5.75 Å². The summed E-state index contributed by atoms with van der Waals surface area (Å²) in [4.78, 5) is 20.0. The van der Waals surface area contributed by atoms with Gasteiger partial charge in [0, 0.05) is 23.5 Å². The maximum atomic E-state index is 10.9. The van der Waals surface area contributed by atoms with E-state index < -0.39 is 12.1 Å². The number of aliphatic carboxylic acids is 1. The Morgan fingerprint density at radius 3 is 1.89 bits per heavy atom. The lowest BCUT2D eigenvalue weighted by Crippen LogP contribution is -2.22.